The molecule has 1 fully saturated rings. The average Bonchev–Trinajstić information content (AvgIpc) is 2.91. The second-order valence-electron chi connectivity index (χ2n) is 5.30. The Bertz CT molecular complexity index is 471. The molecule has 0 unspecified atom stereocenters. The Labute approximate surface area is 134 Å². The van der Waals surface area contributed by atoms with E-state index in [4.69, 9.17) is 0 Å². The Morgan fingerprint density at radius 2 is 1.95 bits per heavy atom. The van der Waals surface area contributed by atoms with E-state index in [2.05, 4.69) is 10.6 Å². The average molecular weight is 337 g/mol. The molecule has 0 bridgehead atoms. The van der Waals surface area contributed by atoms with Crippen LogP contribution in [0.25, 0.3) is 0 Å². The van der Waals surface area contributed by atoms with Crippen molar-refractivity contribution in [2.24, 2.45) is 0 Å². The molecular weight excluding hydrogens is 317 g/mol. The van der Waals surface area contributed by atoms with E-state index in [-0.39, 0.29) is 24.7 Å². The maximum Gasteiger partial charge on any atom is 0.416 e. The summed E-state index contributed by atoms with van der Waals surface area (Å²) in [5.41, 5.74) is -0.113. The van der Waals surface area contributed by atoms with Gasteiger partial charge >= 0.3 is 6.18 Å². The fourth-order valence-corrected chi connectivity index (χ4v) is 2.45. The van der Waals surface area contributed by atoms with Gasteiger partial charge in [0.05, 0.1) is 12.0 Å². The number of carbonyl (C=O) groups is 1. The van der Waals surface area contributed by atoms with Crippen molar-refractivity contribution in [1.29, 1.82) is 0 Å². The zero-order chi connectivity index (χ0) is 15.3. The maximum absolute atomic E-state index is 12.4. The van der Waals surface area contributed by atoms with Gasteiger partial charge in [0, 0.05) is 12.6 Å². The van der Waals surface area contributed by atoms with Crippen molar-refractivity contribution in [3.8, 4) is 0 Å². The first-order valence-electron chi connectivity index (χ1n) is 7.11. The van der Waals surface area contributed by atoms with Crippen LogP contribution in [0.1, 0.15) is 30.4 Å². The predicted molar refractivity (Wildman–Crippen MR) is 81.0 cm³/mol. The molecule has 0 spiro atoms. The van der Waals surface area contributed by atoms with Crippen LogP contribution in [-0.4, -0.2) is 25.0 Å². The SMILES string of the molecule is Cl.O=C(Cc1ccc(C(F)(F)F)cc1)NCC[C@H]1CCCN1. The van der Waals surface area contributed by atoms with Gasteiger partial charge in [-0.05, 0) is 43.5 Å². The van der Waals surface area contributed by atoms with E-state index in [1.807, 2.05) is 0 Å². The normalized spacial score (nSPS) is 17.9. The maximum atomic E-state index is 12.4. The lowest BCUT2D eigenvalue weighted by Crippen LogP contribution is -2.31. The van der Waals surface area contributed by atoms with Crippen LogP contribution in [-0.2, 0) is 17.4 Å². The van der Waals surface area contributed by atoms with Crippen LogP contribution < -0.4 is 10.6 Å². The highest BCUT2D eigenvalue weighted by atomic mass is 35.5. The van der Waals surface area contributed by atoms with Gasteiger partial charge in [0.2, 0.25) is 5.91 Å². The third-order valence-electron chi connectivity index (χ3n) is 3.62. The highest BCUT2D eigenvalue weighted by Gasteiger charge is 2.29. The first-order chi connectivity index (χ1) is 9.95. The molecular formula is C15H20ClF3N2O. The molecule has 1 aliphatic rings. The topological polar surface area (TPSA) is 41.1 Å². The van der Waals surface area contributed by atoms with Gasteiger partial charge in [-0.3, -0.25) is 4.79 Å². The number of nitrogens with one attached hydrogen (secondary N) is 2. The zero-order valence-corrected chi connectivity index (χ0v) is 12.9. The van der Waals surface area contributed by atoms with Crippen molar-refractivity contribution in [3.05, 3.63) is 35.4 Å². The minimum atomic E-state index is -4.34. The monoisotopic (exact) mass is 336 g/mol. The predicted octanol–water partition coefficient (Wildman–Crippen LogP) is 2.93. The van der Waals surface area contributed by atoms with Gasteiger partial charge < -0.3 is 10.6 Å². The van der Waals surface area contributed by atoms with Crippen molar-refractivity contribution in [2.75, 3.05) is 13.1 Å². The van der Waals surface area contributed by atoms with E-state index in [9.17, 15) is 18.0 Å². The summed E-state index contributed by atoms with van der Waals surface area (Å²) in [6.45, 7) is 1.63. The number of hydrogen-bond donors (Lipinski definition) is 2. The van der Waals surface area contributed by atoms with Crippen LogP contribution in [0.15, 0.2) is 24.3 Å². The summed E-state index contributed by atoms with van der Waals surface area (Å²) in [7, 11) is 0. The number of alkyl halides is 3. The Hall–Kier alpha value is -1.27. The van der Waals surface area contributed by atoms with Crippen molar-refractivity contribution >= 4 is 18.3 Å². The fraction of sp³-hybridized carbons (Fsp3) is 0.533. The van der Waals surface area contributed by atoms with Crippen LogP contribution in [0.3, 0.4) is 0 Å². The number of rotatable bonds is 5. The molecule has 0 aliphatic carbocycles. The Morgan fingerprint density at radius 1 is 1.27 bits per heavy atom. The van der Waals surface area contributed by atoms with E-state index >= 15 is 0 Å². The van der Waals surface area contributed by atoms with Crippen LogP contribution >= 0.6 is 12.4 Å². The summed E-state index contributed by atoms with van der Waals surface area (Å²) in [6.07, 6.45) is -1.04. The lowest BCUT2D eigenvalue weighted by atomic mass is 10.1. The molecule has 22 heavy (non-hydrogen) atoms. The quantitative estimate of drug-likeness (QED) is 0.868. The van der Waals surface area contributed by atoms with Crippen molar-refractivity contribution in [2.45, 2.75) is 37.9 Å². The minimum absolute atomic E-state index is 0. The molecule has 1 amide bonds. The Balaban J connectivity index is 0.00000242. The molecule has 0 aromatic heterocycles. The molecule has 2 N–H and O–H groups in total. The van der Waals surface area contributed by atoms with Gasteiger partial charge in [0.1, 0.15) is 0 Å². The molecule has 1 aliphatic heterocycles. The summed E-state index contributed by atoms with van der Waals surface area (Å²) < 4.78 is 37.2. The van der Waals surface area contributed by atoms with E-state index in [0.717, 1.165) is 31.5 Å². The summed E-state index contributed by atoms with van der Waals surface area (Å²) in [4.78, 5) is 11.7. The zero-order valence-electron chi connectivity index (χ0n) is 12.1. The second kappa shape index (κ2) is 8.39. The number of amides is 1. The van der Waals surface area contributed by atoms with Crippen LogP contribution in [0, 0.1) is 0 Å². The molecule has 3 nitrogen and oxygen atoms in total. The largest absolute Gasteiger partial charge is 0.416 e. The molecule has 1 aromatic carbocycles. The van der Waals surface area contributed by atoms with Crippen molar-refractivity contribution in [1.82, 2.24) is 10.6 Å². The highest BCUT2D eigenvalue weighted by molar-refractivity contribution is 5.85. The molecule has 1 heterocycles. The summed E-state index contributed by atoms with van der Waals surface area (Å²) in [5.74, 6) is -0.159. The molecule has 0 saturated carbocycles. The van der Waals surface area contributed by atoms with Crippen LogP contribution in [0.2, 0.25) is 0 Å². The number of halogens is 4. The summed E-state index contributed by atoms with van der Waals surface area (Å²) in [5, 5.41) is 6.14. The van der Waals surface area contributed by atoms with Gasteiger partial charge in [-0.25, -0.2) is 0 Å². The highest BCUT2D eigenvalue weighted by Crippen LogP contribution is 2.29. The van der Waals surface area contributed by atoms with Gasteiger partial charge in [0.25, 0.3) is 0 Å². The van der Waals surface area contributed by atoms with Crippen molar-refractivity contribution < 1.29 is 18.0 Å². The van der Waals surface area contributed by atoms with Gasteiger partial charge in [-0.1, -0.05) is 12.1 Å². The molecule has 1 saturated heterocycles. The van der Waals surface area contributed by atoms with E-state index in [1.54, 1.807) is 0 Å². The molecule has 2 rings (SSSR count). The Morgan fingerprint density at radius 3 is 2.50 bits per heavy atom. The molecule has 1 aromatic rings. The lowest BCUT2D eigenvalue weighted by Gasteiger charge is -2.11. The van der Waals surface area contributed by atoms with E-state index in [0.29, 0.717) is 18.2 Å². The van der Waals surface area contributed by atoms with Gasteiger partial charge in [-0.2, -0.15) is 13.2 Å². The fourth-order valence-electron chi connectivity index (χ4n) is 2.45. The summed E-state index contributed by atoms with van der Waals surface area (Å²) >= 11 is 0. The first-order valence-corrected chi connectivity index (χ1v) is 7.11. The van der Waals surface area contributed by atoms with Gasteiger partial charge in [-0.15, -0.1) is 12.4 Å². The standard InChI is InChI=1S/C15H19F3N2O.ClH/c16-15(17,18)12-5-3-11(4-6-12)10-14(21)20-9-7-13-2-1-8-19-13;/h3-6,13,19H,1-2,7-10H2,(H,20,21);1H/t13-;/m1./s1. The molecule has 0 radical (unpaired) electrons. The third-order valence-corrected chi connectivity index (χ3v) is 3.62. The number of carbonyl (C=O) groups excluding carboxylic acids is 1. The lowest BCUT2D eigenvalue weighted by molar-refractivity contribution is -0.137. The molecule has 124 valence electrons. The smallest absolute Gasteiger partial charge is 0.356 e. The van der Waals surface area contributed by atoms with E-state index in [1.165, 1.54) is 18.6 Å². The van der Waals surface area contributed by atoms with Crippen LogP contribution in [0.4, 0.5) is 13.2 Å². The van der Waals surface area contributed by atoms with Crippen molar-refractivity contribution in [3.63, 3.8) is 0 Å². The minimum Gasteiger partial charge on any atom is -0.356 e. The number of hydrogen-bond acceptors (Lipinski definition) is 2. The van der Waals surface area contributed by atoms with E-state index < -0.39 is 11.7 Å². The van der Waals surface area contributed by atoms with Gasteiger partial charge in [0.15, 0.2) is 0 Å². The molecule has 7 heteroatoms. The first kappa shape index (κ1) is 18.8. The number of benzene rings is 1. The molecule has 1 atom stereocenters. The van der Waals surface area contributed by atoms with Crippen LogP contribution in [0.5, 0.6) is 0 Å². The third kappa shape index (κ3) is 5.85. The second-order valence-corrected chi connectivity index (χ2v) is 5.30. The summed E-state index contributed by atoms with van der Waals surface area (Å²) in [6, 6.07) is 5.18. The Kier molecular flexibility index (Phi) is 7.16.